The Balaban J connectivity index is 1.51. The fourth-order valence-electron chi connectivity index (χ4n) is 3.47. The minimum Gasteiger partial charge on any atom is -0.350 e. The van der Waals surface area contributed by atoms with Crippen LogP contribution >= 0.6 is 0 Å². The molecule has 0 N–H and O–H groups in total. The zero-order chi connectivity index (χ0) is 19.2. The molecule has 1 saturated heterocycles. The van der Waals surface area contributed by atoms with Crippen LogP contribution < -0.4 is 4.90 Å². The fourth-order valence-corrected chi connectivity index (χ4v) is 3.47. The lowest BCUT2D eigenvalue weighted by Gasteiger charge is -2.11. The molecule has 0 spiro atoms. The molecule has 0 radical (unpaired) electrons. The summed E-state index contributed by atoms with van der Waals surface area (Å²) in [6, 6.07) is 31.6. The minimum absolute atomic E-state index is 0.0580. The molecule has 1 heteroatoms. The first-order chi connectivity index (χ1) is 13.7. The van der Waals surface area contributed by atoms with Gasteiger partial charge in [0.25, 0.3) is 0 Å². The SMILES string of the molecule is CC1(C#CC(C/C=C/c2ccccc2)c2ccccc2)CN1c1ccccc1. The van der Waals surface area contributed by atoms with E-state index in [1.807, 2.05) is 6.07 Å². The molecule has 2 unspecified atom stereocenters. The van der Waals surface area contributed by atoms with Crippen molar-refractivity contribution < 1.29 is 0 Å². The smallest absolute Gasteiger partial charge is 0.116 e. The molecule has 28 heavy (non-hydrogen) atoms. The maximum atomic E-state index is 3.58. The summed E-state index contributed by atoms with van der Waals surface area (Å²) in [6.07, 6.45) is 5.34. The molecule has 1 nitrogen and oxygen atoms in total. The molecular formula is C27H25N. The van der Waals surface area contributed by atoms with Gasteiger partial charge in [0.2, 0.25) is 0 Å². The molecule has 3 aromatic carbocycles. The average molecular weight is 364 g/mol. The monoisotopic (exact) mass is 363 g/mol. The van der Waals surface area contributed by atoms with Gasteiger partial charge in [0.05, 0.1) is 6.54 Å². The van der Waals surface area contributed by atoms with Gasteiger partial charge in [-0.2, -0.15) is 0 Å². The maximum absolute atomic E-state index is 3.58. The molecule has 0 aliphatic carbocycles. The summed E-state index contributed by atoms with van der Waals surface area (Å²) in [4.78, 5) is 2.36. The van der Waals surface area contributed by atoms with E-state index in [0.717, 1.165) is 13.0 Å². The number of allylic oxidation sites excluding steroid dienone is 1. The van der Waals surface area contributed by atoms with Gasteiger partial charge in [-0.1, -0.05) is 103 Å². The van der Waals surface area contributed by atoms with Crippen LogP contribution in [0.4, 0.5) is 5.69 Å². The van der Waals surface area contributed by atoms with E-state index in [0.29, 0.717) is 0 Å². The van der Waals surface area contributed by atoms with Gasteiger partial charge in [0.1, 0.15) is 5.54 Å². The summed E-state index contributed by atoms with van der Waals surface area (Å²) >= 11 is 0. The molecule has 3 aromatic rings. The molecule has 0 amide bonds. The summed E-state index contributed by atoms with van der Waals surface area (Å²) in [5.41, 5.74) is 3.70. The van der Waals surface area contributed by atoms with Gasteiger partial charge in [-0.05, 0) is 36.6 Å². The lowest BCUT2D eigenvalue weighted by molar-refractivity contribution is 0.883. The average Bonchev–Trinajstić information content (AvgIpc) is 3.44. The van der Waals surface area contributed by atoms with Gasteiger partial charge in [0, 0.05) is 11.6 Å². The van der Waals surface area contributed by atoms with E-state index in [9.17, 15) is 0 Å². The normalized spacial score (nSPS) is 19.1. The molecule has 2 atom stereocenters. The van der Waals surface area contributed by atoms with E-state index in [1.165, 1.54) is 16.8 Å². The van der Waals surface area contributed by atoms with Crippen LogP contribution in [0.5, 0.6) is 0 Å². The van der Waals surface area contributed by atoms with Crippen LogP contribution in [0.1, 0.15) is 30.4 Å². The second-order valence-corrected chi connectivity index (χ2v) is 7.48. The van der Waals surface area contributed by atoms with Crippen molar-refractivity contribution in [3.05, 3.63) is 108 Å². The van der Waals surface area contributed by atoms with Crippen LogP contribution in [0, 0.1) is 11.8 Å². The Morgan fingerprint density at radius 3 is 2.18 bits per heavy atom. The van der Waals surface area contributed by atoms with Crippen LogP contribution in [-0.4, -0.2) is 12.1 Å². The van der Waals surface area contributed by atoms with Gasteiger partial charge < -0.3 is 4.90 Å². The van der Waals surface area contributed by atoms with Crippen molar-refractivity contribution in [2.75, 3.05) is 11.4 Å². The molecule has 1 aliphatic rings. The van der Waals surface area contributed by atoms with Crippen molar-refractivity contribution in [3.8, 4) is 11.8 Å². The van der Waals surface area contributed by atoms with E-state index < -0.39 is 0 Å². The Bertz CT molecular complexity index is 980. The van der Waals surface area contributed by atoms with Crippen molar-refractivity contribution in [2.45, 2.75) is 24.8 Å². The summed E-state index contributed by atoms with van der Waals surface area (Å²) in [5, 5.41) is 0. The highest BCUT2D eigenvalue weighted by Gasteiger charge is 2.46. The Morgan fingerprint density at radius 2 is 1.50 bits per heavy atom. The molecule has 0 bridgehead atoms. The second kappa shape index (κ2) is 8.19. The van der Waals surface area contributed by atoms with E-state index in [4.69, 9.17) is 0 Å². The molecule has 138 valence electrons. The largest absolute Gasteiger partial charge is 0.350 e. The van der Waals surface area contributed by atoms with Crippen molar-refractivity contribution in [2.24, 2.45) is 0 Å². The number of para-hydroxylation sites is 1. The Kier molecular flexibility index (Phi) is 5.31. The van der Waals surface area contributed by atoms with E-state index in [2.05, 4.69) is 121 Å². The summed E-state index contributed by atoms with van der Waals surface area (Å²) in [5.74, 6) is 7.36. The third-order valence-electron chi connectivity index (χ3n) is 5.23. The summed E-state index contributed by atoms with van der Waals surface area (Å²) in [6.45, 7) is 3.22. The predicted octanol–water partition coefficient (Wildman–Crippen LogP) is 6.16. The van der Waals surface area contributed by atoms with Crippen LogP contribution in [0.15, 0.2) is 97.1 Å². The molecule has 1 aliphatic heterocycles. The van der Waals surface area contributed by atoms with Crippen molar-refractivity contribution in [1.29, 1.82) is 0 Å². The lowest BCUT2D eigenvalue weighted by Crippen LogP contribution is -2.11. The number of benzene rings is 3. The number of nitrogens with zero attached hydrogens (tertiary/aromatic N) is 1. The zero-order valence-electron chi connectivity index (χ0n) is 16.3. The fraction of sp³-hybridized carbons (Fsp3) is 0.185. The van der Waals surface area contributed by atoms with Crippen molar-refractivity contribution in [1.82, 2.24) is 0 Å². The third-order valence-corrected chi connectivity index (χ3v) is 5.23. The summed E-state index contributed by atoms with van der Waals surface area (Å²) in [7, 11) is 0. The number of hydrogen-bond donors (Lipinski definition) is 0. The quantitative estimate of drug-likeness (QED) is 0.388. The second-order valence-electron chi connectivity index (χ2n) is 7.48. The minimum atomic E-state index is -0.0580. The Hall–Kier alpha value is -3.24. The van der Waals surface area contributed by atoms with E-state index >= 15 is 0 Å². The number of rotatable bonds is 5. The molecule has 0 saturated carbocycles. The molecular weight excluding hydrogens is 338 g/mol. The number of hydrogen-bond acceptors (Lipinski definition) is 1. The van der Waals surface area contributed by atoms with Gasteiger partial charge >= 0.3 is 0 Å². The van der Waals surface area contributed by atoms with Gasteiger partial charge in [-0.25, -0.2) is 0 Å². The van der Waals surface area contributed by atoms with Gasteiger partial charge in [-0.3, -0.25) is 0 Å². The van der Waals surface area contributed by atoms with Crippen LogP contribution in [0.25, 0.3) is 6.08 Å². The Morgan fingerprint density at radius 1 is 0.893 bits per heavy atom. The Labute approximate surface area is 168 Å². The standard InChI is InChI=1S/C27H25N/c1-27(22-28(27)26-18-9-4-10-19-26)21-20-25(24-15-7-3-8-16-24)17-11-14-23-12-5-2-6-13-23/h2-16,18-19,25H,17,22H2,1H3/b14-11+. The third kappa shape index (κ3) is 4.35. The molecule has 4 rings (SSSR count). The van der Waals surface area contributed by atoms with Gasteiger partial charge in [0.15, 0.2) is 0 Å². The van der Waals surface area contributed by atoms with Crippen LogP contribution in [0.3, 0.4) is 0 Å². The number of anilines is 1. The first-order valence-corrected chi connectivity index (χ1v) is 9.86. The summed E-state index contributed by atoms with van der Waals surface area (Å²) < 4.78 is 0. The van der Waals surface area contributed by atoms with E-state index in [1.54, 1.807) is 0 Å². The van der Waals surface area contributed by atoms with Crippen molar-refractivity contribution in [3.63, 3.8) is 0 Å². The predicted molar refractivity (Wildman–Crippen MR) is 119 cm³/mol. The first-order valence-electron chi connectivity index (χ1n) is 9.86. The highest BCUT2D eigenvalue weighted by Crippen LogP contribution is 2.37. The topological polar surface area (TPSA) is 3.01 Å². The highest BCUT2D eigenvalue weighted by atomic mass is 15.3. The van der Waals surface area contributed by atoms with Crippen molar-refractivity contribution >= 4 is 11.8 Å². The highest BCUT2D eigenvalue weighted by molar-refractivity contribution is 5.61. The zero-order valence-corrected chi connectivity index (χ0v) is 16.3. The first kappa shape index (κ1) is 18.1. The molecule has 0 aromatic heterocycles. The lowest BCUT2D eigenvalue weighted by atomic mass is 9.95. The van der Waals surface area contributed by atoms with E-state index in [-0.39, 0.29) is 11.5 Å². The maximum Gasteiger partial charge on any atom is 0.116 e. The van der Waals surface area contributed by atoms with Crippen LogP contribution in [-0.2, 0) is 0 Å². The molecule has 1 heterocycles. The van der Waals surface area contributed by atoms with Crippen LogP contribution in [0.2, 0.25) is 0 Å². The molecule has 1 fully saturated rings. The van der Waals surface area contributed by atoms with Gasteiger partial charge in [-0.15, -0.1) is 0 Å².